The highest BCUT2D eigenvalue weighted by Crippen LogP contribution is 2.44. The number of amides is 1. The van der Waals surface area contributed by atoms with Crippen molar-refractivity contribution in [2.24, 2.45) is 0 Å². The molecule has 44 heavy (non-hydrogen) atoms. The molecular formula is C33H37ClN8O2. The van der Waals surface area contributed by atoms with Gasteiger partial charge in [0.25, 0.3) is 0 Å². The van der Waals surface area contributed by atoms with Crippen molar-refractivity contribution in [1.29, 1.82) is 0 Å². The zero-order valence-corrected chi connectivity index (χ0v) is 26.1. The molecule has 0 spiro atoms. The Morgan fingerprint density at radius 2 is 1.93 bits per heavy atom. The van der Waals surface area contributed by atoms with Crippen LogP contribution < -0.4 is 0 Å². The zero-order valence-electron chi connectivity index (χ0n) is 25.4. The highest BCUT2D eigenvalue weighted by atomic mass is 35.5. The van der Waals surface area contributed by atoms with E-state index in [9.17, 15) is 4.79 Å². The second-order valence-electron chi connectivity index (χ2n) is 12.0. The minimum atomic E-state index is -0.0196. The molecule has 0 radical (unpaired) electrons. The van der Waals surface area contributed by atoms with Gasteiger partial charge in [0.05, 0.1) is 40.9 Å². The summed E-state index contributed by atoms with van der Waals surface area (Å²) in [5.41, 5.74) is 7.74. The Labute approximate surface area is 261 Å². The van der Waals surface area contributed by atoms with Crippen LogP contribution in [0.2, 0.25) is 5.02 Å². The van der Waals surface area contributed by atoms with Crippen LogP contribution in [-0.2, 0) is 16.1 Å². The van der Waals surface area contributed by atoms with Crippen LogP contribution in [0.5, 0.6) is 0 Å². The second-order valence-corrected chi connectivity index (χ2v) is 12.4. The number of likely N-dealkylation sites (tertiary alicyclic amines) is 2. The largest absolute Gasteiger partial charge is 0.379 e. The van der Waals surface area contributed by atoms with E-state index in [4.69, 9.17) is 26.5 Å². The van der Waals surface area contributed by atoms with Crippen LogP contribution in [0.1, 0.15) is 30.1 Å². The molecule has 2 aliphatic rings. The fourth-order valence-electron chi connectivity index (χ4n) is 6.72. The van der Waals surface area contributed by atoms with Gasteiger partial charge in [0.2, 0.25) is 5.91 Å². The number of methoxy groups -OCH3 is 1. The Kier molecular flexibility index (Phi) is 7.52. The summed E-state index contributed by atoms with van der Waals surface area (Å²) >= 11 is 7.10. The highest BCUT2D eigenvalue weighted by Gasteiger charge is 2.30. The predicted octanol–water partition coefficient (Wildman–Crippen LogP) is 5.39. The van der Waals surface area contributed by atoms with E-state index in [0.717, 1.165) is 94.5 Å². The lowest BCUT2D eigenvalue weighted by Gasteiger charge is -2.37. The zero-order chi connectivity index (χ0) is 30.5. The lowest BCUT2D eigenvalue weighted by Crippen LogP contribution is -2.52. The normalized spacial score (nSPS) is 16.7. The molecule has 2 fully saturated rings. The van der Waals surface area contributed by atoms with Crippen LogP contribution in [0.25, 0.3) is 44.2 Å². The number of rotatable bonds is 8. The number of carbonyl (C=O) groups is 1. The van der Waals surface area contributed by atoms with E-state index < -0.39 is 0 Å². The van der Waals surface area contributed by atoms with Crippen molar-refractivity contribution in [3.05, 3.63) is 65.6 Å². The van der Waals surface area contributed by atoms with E-state index in [0.29, 0.717) is 24.2 Å². The first-order chi connectivity index (χ1) is 21.3. The number of hydrogen-bond donors (Lipinski definition) is 1. The third kappa shape index (κ3) is 5.00. The van der Waals surface area contributed by atoms with Gasteiger partial charge in [-0.2, -0.15) is 15.3 Å². The van der Waals surface area contributed by atoms with E-state index in [1.807, 2.05) is 28.8 Å². The summed E-state index contributed by atoms with van der Waals surface area (Å²) in [5, 5.41) is 20.3. The number of H-pyrrole nitrogens is 1. The van der Waals surface area contributed by atoms with Crippen molar-refractivity contribution >= 4 is 39.3 Å². The van der Waals surface area contributed by atoms with Gasteiger partial charge in [0.1, 0.15) is 5.69 Å². The molecule has 2 saturated heterocycles. The first-order valence-corrected chi connectivity index (χ1v) is 15.6. The molecule has 5 aromatic rings. The number of aryl methyl sites for hydroxylation is 1. The molecule has 1 N–H and O–H groups in total. The number of hydrogen-bond acceptors (Lipinski definition) is 6. The van der Waals surface area contributed by atoms with Crippen molar-refractivity contribution < 1.29 is 9.53 Å². The molecule has 2 aliphatic heterocycles. The van der Waals surface area contributed by atoms with Crippen molar-refractivity contribution in [3.63, 3.8) is 0 Å². The summed E-state index contributed by atoms with van der Waals surface area (Å²) in [4.78, 5) is 16.5. The minimum Gasteiger partial charge on any atom is -0.379 e. The number of aromatic amines is 1. The Morgan fingerprint density at radius 3 is 2.68 bits per heavy atom. The number of carbonyl (C=O) groups excluding carboxylic acids is 1. The number of aromatic nitrogens is 6. The molecule has 0 bridgehead atoms. The van der Waals surface area contributed by atoms with Gasteiger partial charge < -0.3 is 9.64 Å². The third-order valence-electron chi connectivity index (χ3n) is 9.29. The Balaban J connectivity index is 1.28. The van der Waals surface area contributed by atoms with Gasteiger partial charge in [0, 0.05) is 79.2 Å². The maximum Gasteiger partial charge on any atom is 0.245 e. The monoisotopic (exact) mass is 612 g/mol. The van der Waals surface area contributed by atoms with Gasteiger partial charge >= 0.3 is 0 Å². The molecule has 10 nitrogen and oxygen atoms in total. The molecule has 5 heterocycles. The van der Waals surface area contributed by atoms with Crippen LogP contribution in [0, 0.1) is 13.8 Å². The van der Waals surface area contributed by atoms with E-state index >= 15 is 0 Å². The first-order valence-electron chi connectivity index (χ1n) is 15.2. The molecule has 0 saturated carbocycles. The van der Waals surface area contributed by atoms with Gasteiger partial charge in [-0.15, -0.1) is 0 Å². The molecule has 2 aromatic carbocycles. The fourth-order valence-corrected chi connectivity index (χ4v) is 6.97. The molecule has 11 heteroatoms. The molecule has 0 unspecified atom stereocenters. The number of piperidine rings is 1. The fraction of sp³-hybridized carbons (Fsp3) is 0.394. The van der Waals surface area contributed by atoms with Crippen LogP contribution in [-0.4, -0.2) is 91.4 Å². The van der Waals surface area contributed by atoms with Crippen LogP contribution in [0.4, 0.5) is 0 Å². The number of benzene rings is 2. The summed E-state index contributed by atoms with van der Waals surface area (Å²) in [5.74, 6) is -0.0196. The summed E-state index contributed by atoms with van der Waals surface area (Å²) in [6.07, 6.45) is 7.34. The molecule has 0 atom stereocenters. The average Bonchev–Trinajstić information content (AvgIpc) is 3.73. The summed E-state index contributed by atoms with van der Waals surface area (Å²) in [6.45, 7) is 12.9. The maximum absolute atomic E-state index is 12.2. The van der Waals surface area contributed by atoms with Crippen molar-refractivity contribution in [1.82, 2.24) is 39.6 Å². The molecule has 7 rings (SSSR count). The van der Waals surface area contributed by atoms with E-state index in [1.54, 1.807) is 7.11 Å². The second kappa shape index (κ2) is 11.5. The van der Waals surface area contributed by atoms with E-state index in [-0.39, 0.29) is 11.9 Å². The quantitative estimate of drug-likeness (QED) is 0.236. The average molecular weight is 613 g/mol. The van der Waals surface area contributed by atoms with Crippen molar-refractivity contribution in [2.45, 2.75) is 45.4 Å². The number of nitrogens with one attached hydrogen (secondary N) is 1. The maximum atomic E-state index is 12.2. The Morgan fingerprint density at radius 1 is 1.14 bits per heavy atom. The minimum absolute atomic E-state index is 0.0196. The summed E-state index contributed by atoms with van der Waals surface area (Å²) < 4.78 is 9.59. The summed E-state index contributed by atoms with van der Waals surface area (Å²) in [7, 11) is 1.77. The predicted molar refractivity (Wildman–Crippen MR) is 173 cm³/mol. The van der Waals surface area contributed by atoms with E-state index in [1.165, 1.54) is 6.08 Å². The van der Waals surface area contributed by atoms with Gasteiger partial charge in [-0.3, -0.25) is 24.2 Å². The molecule has 0 aliphatic carbocycles. The van der Waals surface area contributed by atoms with Gasteiger partial charge in [0.15, 0.2) is 0 Å². The van der Waals surface area contributed by atoms with Gasteiger partial charge in [-0.05, 0) is 56.5 Å². The Bertz CT molecular complexity index is 1870. The van der Waals surface area contributed by atoms with Gasteiger partial charge in [-0.25, -0.2) is 0 Å². The van der Waals surface area contributed by atoms with Crippen LogP contribution in [0.15, 0.2) is 49.3 Å². The molecule has 3 aromatic heterocycles. The topological polar surface area (TPSA) is 97.1 Å². The molecule has 228 valence electrons. The highest BCUT2D eigenvalue weighted by molar-refractivity contribution is 6.36. The number of halogens is 1. The van der Waals surface area contributed by atoms with Crippen molar-refractivity contribution in [3.8, 4) is 22.4 Å². The lowest BCUT2D eigenvalue weighted by molar-refractivity contribution is -0.127. The standard InChI is InChI=1S/C33H37ClN8O2/c1-5-29(43)40-10-8-24(9-11-40)42-21(3)30(31-26-16-35-36-28(26)14-20(2)32(31)34)33(38-42)22-6-7-27-23(15-22)17-41(37-27)13-12-39-18-25(19-39)44-4/h5-7,14-17,24-25H,1,8-13,18-19H2,2-4H3,(H,35,36). The van der Waals surface area contributed by atoms with E-state index in [2.05, 4.69) is 57.7 Å². The Hall–Kier alpha value is -3.99. The van der Waals surface area contributed by atoms with Crippen LogP contribution >= 0.6 is 11.6 Å². The number of nitrogens with zero attached hydrogens (tertiary/aromatic N) is 7. The van der Waals surface area contributed by atoms with Crippen LogP contribution in [0.3, 0.4) is 0 Å². The molecular weight excluding hydrogens is 576 g/mol. The van der Waals surface area contributed by atoms with Crippen molar-refractivity contribution in [2.75, 3.05) is 39.8 Å². The SMILES string of the molecule is C=CC(=O)N1CCC(n2nc(-c3ccc4nn(CCN5CC(OC)C5)cc4c3)c(-c3c(Cl)c(C)cc4[nH]ncc34)c2C)CC1. The lowest BCUT2D eigenvalue weighted by atomic mass is 9.94. The van der Waals surface area contributed by atoms with Gasteiger partial charge in [-0.1, -0.05) is 24.2 Å². The smallest absolute Gasteiger partial charge is 0.245 e. The molecule has 1 amide bonds. The number of ether oxygens (including phenoxy) is 1. The third-order valence-corrected chi connectivity index (χ3v) is 9.78. The number of fused-ring (bicyclic) bond motifs is 2. The summed E-state index contributed by atoms with van der Waals surface area (Å²) in [6, 6.07) is 8.56. The first kappa shape index (κ1) is 28.8.